The molecule has 2 heteroatoms. The van der Waals surface area contributed by atoms with Crippen LogP contribution in [0.5, 0.6) is 0 Å². The molecule has 0 radical (unpaired) electrons. The predicted molar refractivity (Wildman–Crippen MR) is 170 cm³/mol. The van der Waals surface area contributed by atoms with Crippen LogP contribution in [0.25, 0.3) is 66.1 Å². The smallest absolute Gasteiger partial charge is 0.0547 e. The molecular weight excluding hydrogens is 484 g/mol. The van der Waals surface area contributed by atoms with Gasteiger partial charge in [0.05, 0.1) is 22.1 Å². The van der Waals surface area contributed by atoms with Gasteiger partial charge in [0, 0.05) is 32.9 Å². The highest BCUT2D eigenvalue weighted by atomic mass is 15.0. The van der Waals surface area contributed by atoms with Gasteiger partial charge in [-0.25, -0.2) is 0 Å². The van der Waals surface area contributed by atoms with Gasteiger partial charge >= 0.3 is 0 Å². The molecule has 0 aliphatic rings. The lowest BCUT2D eigenvalue weighted by Crippen LogP contribution is -1.94. The Balaban J connectivity index is 1.42. The zero-order valence-corrected chi connectivity index (χ0v) is 22.6. The molecule has 0 saturated heterocycles. The number of nitrogens with zero attached hydrogens (tertiary/aromatic N) is 2. The molecule has 0 bridgehead atoms. The molecule has 0 saturated carbocycles. The Labute approximate surface area is 233 Å². The normalized spacial score (nSPS) is 11.8. The Morgan fingerprint density at radius 3 is 1.80 bits per heavy atom. The predicted octanol–water partition coefficient (Wildman–Crippen LogP) is 10.2. The SMILES string of the molecule is Cc1ccc2c(c1)c1ccc(-c3ccc4c(c3C)c3ccccc3n4-c3ccccc3)cc1n2-c1ccccc1. The van der Waals surface area contributed by atoms with E-state index in [0.29, 0.717) is 0 Å². The lowest BCUT2D eigenvalue weighted by molar-refractivity contribution is 1.18. The van der Waals surface area contributed by atoms with Crippen LogP contribution in [0.3, 0.4) is 0 Å². The van der Waals surface area contributed by atoms with Gasteiger partial charge in [-0.3, -0.25) is 0 Å². The largest absolute Gasteiger partial charge is 0.309 e. The van der Waals surface area contributed by atoms with Crippen LogP contribution in [-0.2, 0) is 0 Å². The molecule has 190 valence electrons. The zero-order chi connectivity index (χ0) is 26.8. The maximum absolute atomic E-state index is 2.41. The monoisotopic (exact) mass is 512 g/mol. The number of hydrogen-bond donors (Lipinski definition) is 0. The highest BCUT2D eigenvalue weighted by Crippen LogP contribution is 2.40. The van der Waals surface area contributed by atoms with E-state index in [2.05, 4.69) is 156 Å². The molecular formula is C38H28N2. The van der Waals surface area contributed by atoms with Crippen molar-refractivity contribution in [3.63, 3.8) is 0 Å². The molecule has 2 aromatic heterocycles. The molecule has 40 heavy (non-hydrogen) atoms. The summed E-state index contributed by atoms with van der Waals surface area (Å²) in [4.78, 5) is 0. The van der Waals surface area contributed by atoms with E-state index in [-0.39, 0.29) is 0 Å². The van der Waals surface area contributed by atoms with Crippen LogP contribution in [0.2, 0.25) is 0 Å². The number of aromatic nitrogens is 2. The quantitative estimate of drug-likeness (QED) is 0.223. The molecule has 0 atom stereocenters. The third-order valence-electron chi connectivity index (χ3n) is 8.36. The van der Waals surface area contributed by atoms with Crippen molar-refractivity contribution in [1.29, 1.82) is 0 Å². The van der Waals surface area contributed by atoms with E-state index in [4.69, 9.17) is 0 Å². The van der Waals surface area contributed by atoms with Gasteiger partial charge in [0.15, 0.2) is 0 Å². The molecule has 0 amide bonds. The lowest BCUT2D eigenvalue weighted by atomic mass is 9.95. The topological polar surface area (TPSA) is 9.86 Å². The first-order chi connectivity index (χ1) is 19.7. The number of hydrogen-bond acceptors (Lipinski definition) is 0. The van der Waals surface area contributed by atoms with E-state index < -0.39 is 0 Å². The molecule has 6 aromatic carbocycles. The van der Waals surface area contributed by atoms with E-state index in [0.717, 1.165) is 0 Å². The van der Waals surface area contributed by atoms with E-state index in [1.807, 2.05) is 0 Å². The van der Waals surface area contributed by atoms with Crippen molar-refractivity contribution in [3.05, 3.63) is 145 Å². The van der Waals surface area contributed by atoms with Gasteiger partial charge in [0.1, 0.15) is 0 Å². The van der Waals surface area contributed by atoms with Gasteiger partial charge in [-0.05, 0) is 85.1 Å². The molecule has 2 nitrogen and oxygen atoms in total. The molecule has 0 unspecified atom stereocenters. The van der Waals surface area contributed by atoms with Crippen molar-refractivity contribution in [1.82, 2.24) is 9.13 Å². The maximum atomic E-state index is 2.41. The maximum Gasteiger partial charge on any atom is 0.0547 e. The van der Waals surface area contributed by atoms with Crippen molar-refractivity contribution >= 4 is 43.6 Å². The van der Waals surface area contributed by atoms with Crippen LogP contribution < -0.4 is 0 Å². The Bertz CT molecular complexity index is 2210. The Morgan fingerprint density at radius 1 is 0.425 bits per heavy atom. The van der Waals surface area contributed by atoms with Crippen LogP contribution in [0.1, 0.15) is 11.1 Å². The summed E-state index contributed by atoms with van der Waals surface area (Å²) >= 11 is 0. The van der Waals surface area contributed by atoms with Crippen LogP contribution >= 0.6 is 0 Å². The second-order valence-corrected chi connectivity index (χ2v) is 10.7. The molecule has 0 N–H and O–H groups in total. The summed E-state index contributed by atoms with van der Waals surface area (Å²) < 4.78 is 4.79. The van der Waals surface area contributed by atoms with Crippen LogP contribution in [-0.4, -0.2) is 9.13 Å². The summed E-state index contributed by atoms with van der Waals surface area (Å²) in [5.74, 6) is 0. The minimum Gasteiger partial charge on any atom is -0.309 e. The first-order valence-corrected chi connectivity index (χ1v) is 13.9. The van der Waals surface area contributed by atoms with Gasteiger partial charge < -0.3 is 9.13 Å². The van der Waals surface area contributed by atoms with Gasteiger partial charge in [0.2, 0.25) is 0 Å². The summed E-state index contributed by atoms with van der Waals surface area (Å²) in [6, 6.07) is 48.5. The summed E-state index contributed by atoms with van der Waals surface area (Å²) in [6.45, 7) is 4.45. The number of benzene rings is 6. The van der Waals surface area contributed by atoms with Crippen LogP contribution in [0.15, 0.2) is 133 Å². The molecule has 0 spiro atoms. The summed E-state index contributed by atoms with van der Waals surface area (Å²) in [7, 11) is 0. The van der Waals surface area contributed by atoms with Gasteiger partial charge in [-0.1, -0.05) is 84.4 Å². The molecule has 0 aliphatic heterocycles. The first kappa shape index (κ1) is 22.9. The fraction of sp³-hybridized carbons (Fsp3) is 0.0526. The minimum absolute atomic E-state index is 1.18. The first-order valence-electron chi connectivity index (χ1n) is 13.9. The van der Waals surface area contributed by atoms with Crippen molar-refractivity contribution in [3.8, 4) is 22.5 Å². The number of para-hydroxylation sites is 3. The van der Waals surface area contributed by atoms with Crippen LogP contribution in [0.4, 0.5) is 0 Å². The third kappa shape index (κ3) is 3.29. The van der Waals surface area contributed by atoms with Crippen molar-refractivity contribution in [2.24, 2.45) is 0 Å². The second-order valence-electron chi connectivity index (χ2n) is 10.7. The van der Waals surface area contributed by atoms with E-state index in [1.54, 1.807) is 0 Å². The molecule has 8 rings (SSSR count). The van der Waals surface area contributed by atoms with Gasteiger partial charge in [-0.15, -0.1) is 0 Å². The average molecular weight is 513 g/mol. The minimum atomic E-state index is 1.18. The fourth-order valence-corrected chi connectivity index (χ4v) is 6.56. The molecule has 0 fully saturated rings. The van der Waals surface area contributed by atoms with Crippen molar-refractivity contribution < 1.29 is 0 Å². The Morgan fingerprint density at radius 2 is 1.05 bits per heavy atom. The Kier molecular flexibility index (Phi) is 4.99. The van der Waals surface area contributed by atoms with Gasteiger partial charge in [-0.2, -0.15) is 0 Å². The highest BCUT2D eigenvalue weighted by molar-refractivity contribution is 6.14. The molecule has 8 aromatic rings. The van der Waals surface area contributed by atoms with Crippen molar-refractivity contribution in [2.45, 2.75) is 13.8 Å². The number of fused-ring (bicyclic) bond motifs is 6. The summed E-state index contributed by atoms with van der Waals surface area (Å²) in [6.07, 6.45) is 0. The van der Waals surface area contributed by atoms with Gasteiger partial charge in [0.25, 0.3) is 0 Å². The van der Waals surface area contributed by atoms with E-state index >= 15 is 0 Å². The van der Waals surface area contributed by atoms with E-state index in [1.165, 1.54) is 77.2 Å². The molecule has 2 heterocycles. The number of rotatable bonds is 3. The standard InChI is InChI=1S/C38H28N2/c1-25-17-21-35-33(23-25)31-19-18-27(24-37(31)40(35)29-13-7-4-8-14-29)30-20-22-36-38(26(30)2)32-15-9-10-16-34(32)39(36)28-11-5-3-6-12-28/h3-24H,1-2H3. The average Bonchev–Trinajstić information content (AvgIpc) is 3.51. The lowest BCUT2D eigenvalue weighted by Gasteiger charge is -2.12. The number of aryl methyl sites for hydroxylation is 2. The van der Waals surface area contributed by atoms with E-state index in [9.17, 15) is 0 Å². The van der Waals surface area contributed by atoms with Crippen molar-refractivity contribution in [2.75, 3.05) is 0 Å². The zero-order valence-electron chi connectivity index (χ0n) is 22.6. The van der Waals surface area contributed by atoms with Crippen LogP contribution in [0, 0.1) is 13.8 Å². The summed E-state index contributed by atoms with van der Waals surface area (Å²) in [5.41, 5.74) is 12.4. The summed E-state index contributed by atoms with van der Waals surface area (Å²) in [5, 5.41) is 5.18. The third-order valence-corrected chi connectivity index (χ3v) is 8.36. The molecule has 0 aliphatic carbocycles. The fourth-order valence-electron chi connectivity index (χ4n) is 6.56. The Hall–Kier alpha value is -5.08. The highest BCUT2D eigenvalue weighted by Gasteiger charge is 2.18. The second kappa shape index (κ2) is 8.72.